The number of rotatable bonds is 32. The van der Waals surface area contributed by atoms with E-state index >= 15 is 0 Å². The number of aliphatic hydroxyl groups excluding tert-OH is 2. The summed E-state index contributed by atoms with van der Waals surface area (Å²) < 4.78 is 10.5. The highest BCUT2D eigenvalue weighted by Gasteiger charge is 2.16. The van der Waals surface area contributed by atoms with Gasteiger partial charge in [-0.05, 0) is 57.3 Å². The Labute approximate surface area is 282 Å². The summed E-state index contributed by atoms with van der Waals surface area (Å²) in [6, 6.07) is 0. The lowest BCUT2D eigenvalue weighted by molar-refractivity contribution is -0.161. The van der Waals surface area contributed by atoms with Crippen molar-refractivity contribution >= 4 is 11.9 Å². The number of carbonyl (C=O) groups is 2. The highest BCUT2D eigenvalue weighted by atomic mass is 16.6. The summed E-state index contributed by atoms with van der Waals surface area (Å²) in [4.78, 5) is 24.2. The van der Waals surface area contributed by atoms with Crippen LogP contribution in [0, 0.1) is 5.92 Å². The van der Waals surface area contributed by atoms with E-state index in [2.05, 4.69) is 69.4 Å². The second kappa shape index (κ2) is 34.2. The van der Waals surface area contributed by atoms with Gasteiger partial charge in [-0.15, -0.1) is 0 Å². The molecule has 2 N–H and O–H groups in total. The third kappa shape index (κ3) is 33.2. The van der Waals surface area contributed by atoms with Crippen molar-refractivity contribution in [2.45, 2.75) is 174 Å². The van der Waals surface area contributed by atoms with Crippen molar-refractivity contribution in [1.82, 2.24) is 0 Å². The van der Waals surface area contributed by atoms with Crippen molar-refractivity contribution in [1.29, 1.82) is 0 Å². The van der Waals surface area contributed by atoms with Crippen molar-refractivity contribution in [3.8, 4) is 0 Å². The number of allylic oxidation sites excluding steroid dienone is 7. The molecule has 0 aromatic rings. The minimum absolute atomic E-state index is 0.0974. The Hall–Kier alpha value is -2.18. The van der Waals surface area contributed by atoms with Crippen LogP contribution in [-0.2, 0) is 19.1 Å². The topological polar surface area (TPSA) is 93.1 Å². The number of esters is 2. The molecular formula is C40H70O6. The molecule has 0 aromatic carbocycles. The third-order valence-corrected chi connectivity index (χ3v) is 7.86. The van der Waals surface area contributed by atoms with Crippen LogP contribution in [0.3, 0.4) is 0 Å². The largest absolute Gasteiger partial charge is 0.462 e. The van der Waals surface area contributed by atoms with Crippen LogP contribution in [0.4, 0.5) is 0 Å². The molecule has 0 aliphatic heterocycles. The summed E-state index contributed by atoms with van der Waals surface area (Å²) in [6.07, 6.45) is 38.1. The zero-order chi connectivity index (χ0) is 33.9. The van der Waals surface area contributed by atoms with Gasteiger partial charge in [0.25, 0.3) is 0 Å². The first-order chi connectivity index (χ1) is 22.4. The van der Waals surface area contributed by atoms with E-state index in [0.29, 0.717) is 12.8 Å². The van der Waals surface area contributed by atoms with Gasteiger partial charge in [-0.25, -0.2) is 0 Å². The van der Waals surface area contributed by atoms with E-state index in [9.17, 15) is 19.8 Å². The highest BCUT2D eigenvalue weighted by Crippen LogP contribution is 2.14. The van der Waals surface area contributed by atoms with Gasteiger partial charge in [0.05, 0.1) is 12.7 Å². The van der Waals surface area contributed by atoms with Crippen LogP contribution < -0.4 is 0 Å². The molecule has 0 aromatic heterocycles. The monoisotopic (exact) mass is 647 g/mol. The maximum atomic E-state index is 12.1. The molecule has 0 spiro atoms. The van der Waals surface area contributed by atoms with E-state index in [1.165, 1.54) is 57.8 Å². The normalized spacial score (nSPS) is 13.5. The zero-order valence-electron chi connectivity index (χ0n) is 29.8. The quantitative estimate of drug-likeness (QED) is 0.0429. The second-order valence-electron chi connectivity index (χ2n) is 13.0. The predicted molar refractivity (Wildman–Crippen MR) is 193 cm³/mol. The Bertz CT molecular complexity index is 813. The molecule has 0 rings (SSSR count). The maximum absolute atomic E-state index is 12.1. The molecule has 0 saturated heterocycles. The van der Waals surface area contributed by atoms with Crippen LogP contribution in [0.25, 0.3) is 0 Å². The minimum Gasteiger partial charge on any atom is -0.462 e. The fraction of sp³-hybridized carbons (Fsp3) is 0.750. The summed E-state index contributed by atoms with van der Waals surface area (Å²) in [6.45, 7) is 6.21. The first-order valence-corrected chi connectivity index (χ1v) is 18.6. The van der Waals surface area contributed by atoms with Gasteiger partial charge in [-0.1, -0.05) is 146 Å². The smallest absolute Gasteiger partial charge is 0.306 e. The van der Waals surface area contributed by atoms with E-state index in [1.54, 1.807) is 0 Å². The number of hydrogen-bond acceptors (Lipinski definition) is 6. The Morgan fingerprint density at radius 3 is 1.67 bits per heavy atom. The second-order valence-corrected chi connectivity index (χ2v) is 13.0. The van der Waals surface area contributed by atoms with Gasteiger partial charge in [0, 0.05) is 12.8 Å². The lowest BCUT2D eigenvalue weighted by Crippen LogP contribution is -2.28. The number of aliphatic hydroxyl groups is 2. The van der Waals surface area contributed by atoms with Gasteiger partial charge in [0.1, 0.15) is 6.61 Å². The fourth-order valence-electron chi connectivity index (χ4n) is 5.04. The molecule has 0 fully saturated rings. The lowest BCUT2D eigenvalue weighted by Gasteiger charge is -2.15. The Balaban J connectivity index is 3.71. The molecule has 6 heteroatoms. The molecule has 0 heterocycles. The highest BCUT2D eigenvalue weighted by molar-refractivity contribution is 5.70. The Morgan fingerprint density at radius 1 is 0.630 bits per heavy atom. The number of hydrogen-bond donors (Lipinski definition) is 2. The molecule has 0 aliphatic rings. The molecule has 46 heavy (non-hydrogen) atoms. The number of unbranched alkanes of at least 4 members (excludes halogenated alkanes) is 11. The number of carbonyl (C=O) groups excluding carboxylic acids is 2. The molecule has 0 bridgehead atoms. The van der Waals surface area contributed by atoms with Gasteiger partial charge in [-0.2, -0.15) is 0 Å². The molecule has 1 unspecified atom stereocenters. The van der Waals surface area contributed by atoms with Gasteiger partial charge < -0.3 is 19.7 Å². The van der Waals surface area contributed by atoms with Crippen molar-refractivity contribution in [3.05, 3.63) is 48.6 Å². The summed E-state index contributed by atoms with van der Waals surface area (Å²) in [5.74, 6) is 0.149. The van der Waals surface area contributed by atoms with E-state index in [0.717, 1.165) is 70.1 Å². The molecule has 0 radical (unpaired) electrons. The van der Waals surface area contributed by atoms with E-state index in [4.69, 9.17) is 9.47 Å². The van der Waals surface area contributed by atoms with E-state index in [1.807, 2.05) is 0 Å². The van der Waals surface area contributed by atoms with Crippen LogP contribution >= 0.6 is 0 Å². The van der Waals surface area contributed by atoms with Gasteiger partial charge in [-0.3, -0.25) is 9.59 Å². The van der Waals surface area contributed by atoms with Gasteiger partial charge >= 0.3 is 11.9 Å². The average Bonchev–Trinajstić information content (AvgIpc) is 3.03. The van der Waals surface area contributed by atoms with Crippen LogP contribution in [0.15, 0.2) is 48.6 Å². The molecule has 266 valence electrons. The first kappa shape index (κ1) is 43.8. The standard InChI is InChI=1S/C40H70O6/c1-4-29-37(42)31-26-22-18-14-10-6-5-7-11-16-20-24-28-33-40(44)46-38(34-41)35-45-39(43)32-27-23-19-15-12-8-9-13-17-21-25-30-36(2)3/h5,7,10,14,16,20,22,26,36-38,41-42H,4,6,8-9,11-13,15,17-19,21,23-25,27-35H2,1-3H3/b7-5-,14-10-,20-16-,26-22-/t37?,38-/m0/s1. The third-order valence-electron chi connectivity index (χ3n) is 7.86. The molecule has 0 amide bonds. The Kier molecular flexibility index (Phi) is 32.5. The maximum Gasteiger partial charge on any atom is 0.306 e. The first-order valence-electron chi connectivity index (χ1n) is 18.6. The van der Waals surface area contributed by atoms with Crippen molar-refractivity contribution in [3.63, 3.8) is 0 Å². The fourth-order valence-corrected chi connectivity index (χ4v) is 5.04. The van der Waals surface area contributed by atoms with Gasteiger partial charge in [0.15, 0.2) is 6.10 Å². The van der Waals surface area contributed by atoms with Crippen LogP contribution in [0.1, 0.15) is 162 Å². The van der Waals surface area contributed by atoms with Gasteiger partial charge in [0.2, 0.25) is 0 Å². The lowest BCUT2D eigenvalue weighted by atomic mass is 10.0. The van der Waals surface area contributed by atoms with Crippen LogP contribution in [0.2, 0.25) is 0 Å². The van der Waals surface area contributed by atoms with Crippen LogP contribution in [-0.4, -0.2) is 47.6 Å². The molecule has 2 atom stereocenters. The molecular weight excluding hydrogens is 576 g/mol. The summed E-state index contributed by atoms with van der Waals surface area (Å²) in [5, 5.41) is 19.2. The summed E-state index contributed by atoms with van der Waals surface area (Å²) >= 11 is 0. The van der Waals surface area contributed by atoms with Crippen LogP contribution in [0.5, 0.6) is 0 Å². The predicted octanol–water partition coefficient (Wildman–Crippen LogP) is 10.3. The van der Waals surface area contributed by atoms with Crippen molar-refractivity contribution < 1.29 is 29.3 Å². The van der Waals surface area contributed by atoms with Crippen molar-refractivity contribution in [2.24, 2.45) is 5.92 Å². The average molecular weight is 647 g/mol. The molecule has 6 nitrogen and oxygen atoms in total. The van der Waals surface area contributed by atoms with E-state index in [-0.39, 0.29) is 37.7 Å². The van der Waals surface area contributed by atoms with E-state index < -0.39 is 6.10 Å². The van der Waals surface area contributed by atoms with Crippen molar-refractivity contribution in [2.75, 3.05) is 13.2 Å². The Morgan fingerprint density at radius 2 is 1.13 bits per heavy atom. The number of ether oxygens (including phenoxy) is 2. The minimum atomic E-state index is -0.809. The summed E-state index contributed by atoms with van der Waals surface area (Å²) in [7, 11) is 0. The SMILES string of the molecule is CCCC(O)C/C=C\C/C=C\C/C=C\C/C=C\CCCC(=O)O[C@@H](CO)COC(=O)CCCCCCCCCCCCCC(C)C. The summed E-state index contributed by atoms with van der Waals surface area (Å²) in [5.41, 5.74) is 0. The molecule has 0 saturated carbocycles. The zero-order valence-corrected chi connectivity index (χ0v) is 29.8. The molecule has 0 aliphatic carbocycles.